The van der Waals surface area contributed by atoms with Crippen LogP contribution in [0.25, 0.3) is 0 Å². The molecule has 0 atom stereocenters. The molecule has 0 spiro atoms. The first kappa shape index (κ1) is 15.6. The van der Waals surface area contributed by atoms with Crippen molar-refractivity contribution in [2.75, 3.05) is 77.6 Å². The molecule has 0 saturated carbocycles. The average molecular weight is 305 g/mol. The zero-order chi connectivity index (χ0) is 15.2. The van der Waals surface area contributed by atoms with Gasteiger partial charge in [0.25, 0.3) is 0 Å². The lowest BCUT2D eigenvalue weighted by molar-refractivity contribution is 0.0331. The van der Waals surface area contributed by atoms with Gasteiger partial charge in [-0.3, -0.25) is 9.80 Å². The van der Waals surface area contributed by atoms with E-state index in [-0.39, 0.29) is 0 Å². The molecule has 5 heteroatoms. The van der Waals surface area contributed by atoms with Crippen molar-refractivity contribution in [3.05, 3.63) is 24.3 Å². The third kappa shape index (κ3) is 4.12. The lowest BCUT2D eigenvalue weighted by Gasteiger charge is -2.37. The number of methoxy groups -OCH3 is 1. The number of morpholine rings is 1. The van der Waals surface area contributed by atoms with E-state index in [0.717, 1.165) is 58.2 Å². The summed E-state index contributed by atoms with van der Waals surface area (Å²) >= 11 is 0. The Morgan fingerprint density at radius 2 is 1.45 bits per heavy atom. The molecule has 22 heavy (non-hydrogen) atoms. The van der Waals surface area contributed by atoms with Crippen molar-refractivity contribution in [2.24, 2.45) is 0 Å². The second-order valence-electron chi connectivity index (χ2n) is 5.98. The molecule has 2 aliphatic heterocycles. The van der Waals surface area contributed by atoms with Gasteiger partial charge < -0.3 is 14.4 Å². The Morgan fingerprint density at radius 3 is 2.05 bits per heavy atom. The fourth-order valence-electron chi connectivity index (χ4n) is 3.13. The molecule has 2 aliphatic rings. The van der Waals surface area contributed by atoms with E-state index in [1.165, 1.54) is 18.8 Å². The van der Waals surface area contributed by atoms with Crippen molar-refractivity contribution in [1.29, 1.82) is 0 Å². The van der Waals surface area contributed by atoms with Gasteiger partial charge in [-0.15, -0.1) is 0 Å². The first-order chi connectivity index (χ1) is 10.8. The summed E-state index contributed by atoms with van der Waals surface area (Å²) in [4.78, 5) is 7.56. The topological polar surface area (TPSA) is 28.2 Å². The largest absolute Gasteiger partial charge is 0.497 e. The second-order valence-corrected chi connectivity index (χ2v) is 5.98. The number of rotatable bonds is 5. The highest BCUT2D eigenvalue weighted by Gasteiger charge is 2.18. The molecule has 0 aliphatic carbocycles. The predicted octanol–water partition coefficient (Wildman–Crippen LogP) is 1.15. The molecule has 0 unspecified atom stereocenters. The summed E-state index contributed by atoms with van der Waals surface area (Å²) in [6, 6.07) is 8.39. The lowest BCUT2D eigenvalue weighted by Crippen LogP contribution is -2.49. The fourth-order valence-corrected chi connectivity index (χ4v) is 3.13. The van der Waals surface area contributed by atoms with Crippen LogP contribution in [0.5, 0.6) is 5.75 Å². The van der Waals surface area contributed by atoms with E-state index in [2.05, 4.69) is 26.8 Å². The van der Waals surface area contributed by atoms with Crippen molar-refractivity contribution >= 4 is 5.69 Å². The zero-order valence-electron chi connectivity index (χ0n) is 13.5. The highest BCUT2D eigenvalue weighted by atomic mass is 16.5. The van der Waals surface area contributed by atoms with Crippen molar-refractivity contribution in [2.45, 2.75) is 0 Å². The first-order valence-corrected chi connectivity index (χ1v) is 8.26. The summed E-state index contributed by atoms with van der Waals surface area (Å²) < 4.78 is 10.6. The van der Waals surface area contributed by atoms with Crippen LogP contribution in [0.2, 0.25) is 0 Å². The third-order valence-electron chi connectivity index (χ3n) is 4.65. The summed E-state index contributed by atoms with van der Waals surface area (Å²) in [5.74, 6) is 0.924. The van der Waals surface area contributed by atoms with Gasteiger partial charge in [0.1, 0.15) is 5.75 Å². The number of nitrogens with zero attached hydrogens (tertiary/aromatic N) is 3. The number of anilines is 1. The van der Waals surface area contributed by atoms with Gasteiger partial charge in [0.05, 0.1) is 20.3 Å². The molecule has 0 aromatic heterocycles. The molecule has 0 N–H and O–H groups in total. The van der Waals surface area contributed by atoms with Crippen LogP contribution in [0, 0.1) is 0 Å². The summed E-state index contributed by atoms with van der Waals surface area (Å²) in [7, 11) is 1.71. The van der Waals surface area contributed by atoms with Gasteiger partial charge in [0, 0.05) is 58.0 Å². The van der Waals surface area contributed by atoms with Crippen molar-refractivity contribution in [3.63, 3.8) is 0 Å². The van der Waals surface area contributed by atoms with E-state index in [1.807, 2.05) is 12.1 Å². The molecule has 1 aromatic carbocycles. The van der Waals surface area contributed by atoms with Gasteiger partial charge >= 0.3 is 0 Å². The van der Waals surface area contributed by atoms with E-state index in [4.69, 9.17) is 9.47 Å². The Hall–Kier alpha value is -1.30. The lowest BCUT2D eigenvalue weighted by atomic mass is 10.2. The van der Waals surface area contributed by atoms with Gasteiger partial charge in [-0.2, -0.15) is 0 Å². The van der Waals surface area contributed by atoms with Crippen LogP contribution < -0.4 is 9.64 Å². The van der Waals surface area contributed by atoms with Crippen LogP contribution in [-0.4, -0.2) is 82.5 Å². The number of hydrogen-bond acceptors (Lipinski definition) is 5. The normalized spacial score (nSPS) is 21.0. The Morgan fingerprint density at radius 1 is 0.864 bits per heavy atom. The quantitative estimate of drug-likeness (QED) is 0.814. The Balaban J connectivity index is 1.41. The van der Waals surface area contributed by atoms with Crippen LogP contribution in [0.15, 0.2) is 24.3 Å². The maximum atomic E-state index is 5.40. The van der Waals surface area contributed by atoms with Crippen molar-refractivity contribution < 1.29 is 9.47 Å². The summed E-state index contributed by atoms with van der Waals surface area (Å²) in [5, 5.41) is 0. The Labute approximate surface area is 133 Å². The molecule has 5 nitrogen and oxygen atoms in total. The van der Waals surface area contributed by atoms with Crippen molar-refractivity contribution in [3.8, 4) is 5.75 Å². The molecule has 0 radical (unpaired) electrons. The van der Waals surface area contributed by atoms with Gasteiger partial charge in [-0.25, -0.2) is 0 Å². The van der Waals surface area contributed by atoms with Crippen LogP contribution in [-0.2, 0) is 4.74 Å². The predicted molar refractivity (Wildman–Crippen MR) is 88.9 cm³/mol. The summed E-state index contributed by atoms with van der Waals surface area (Å²) in [6.07, 6.45) is 0. The average Bonchev–Trinajstić information content (AvgIpc) is 2.61. The van der Waals surface area contributed by atoms with E-state index >= 15 is 0 Å². The molecule has 3 rings (SSSR count). The highest BCUT2D eigenvalue weighted by molar-refractivity contribution is 5.49. The maximum absolute atomic E-state index is 5.40. The minimum absolute atomic E-state index is 0.894. The van der Waals surface area contributed by atoms with Crippen LogP contribution in [0.3, 0.4) is 0 Å². The molecule has 2 fully saturated rings. The van der Waals surface area contributed by atoms with E-state index in [1.54, 1.807) is 7.11 Å². The standard InChI is InChI=1S/C17H27N3O2/c1-21-17-4-2-16(3-5-17)20-10-8-18(9-11-20)6-7-19-12-14-22-15-13-19/h2-5H,6-15H2,1H3. The molecule has 122 valence electrons. The molecular weight excluding hydrogens is 278 g/mol. The third-order valence-corrected chi connectivity index (χ3v) is 4.65. The Kier molecular flexibility index (Phi) is 5.53. The SMILES string of the molecule is COc1ccc(N2CCN(CCN3CCOCC3)CC2)cc1. The summed E-state index contributed by atoms with van der Waals surface area (Å²) in [5.41, 5.74) is 1.30. The molecule has 0 amide bonds. The molecule has 0 bridgehead atoms. The molecular formula is C17H27N3O2. The summed E-state index contributed by atoms with van der Waals surface area (Å²) in [6.45, 7) is 10.8. The number of ether oxygens (including phenoxy) is 2. The van der Waals surface area contributed by atoms with Crippen LogP contribution in [0.1, 0.15) is 0 Å². The zero-order valence-corrected chi connectivity index (χ0v) is 13.5. The smallest absolute Gasteiger partial charge is 0.119 e. The Bertz CT molecular complexity index is 438. The minimum atomic E-state index is 0.894. The van der Waals surface area contributed by atoms with Crippen LogP contribution in [0.4, 0.5) is 5.69 Å². The van der Waals surface area contributed by atoms with E-state index in [0.29, 0.717) is 0 Å². The monoisotopic (exact) mass is 305 g/mol. The van der Waals surface area contributed by atoms with E-state index < -0.39 is 0 Å². The second kappa shape index (κ2) is 7.81. The number of benzene rings is 1. The maximum Gasteiger partial charge on any atom is 0.119 e. The minimum Gasteiger partial charge on any atom is -0.497 e. The highest BCUT2D eigenvalue weighted by Crippen LogP contribution is 2.20. The van der Waals surface area contributed by atoms with Gasteiger partial charge in [0.15, 0.2) is 0 Å². The first-order valence-electron chi connectivity index (χ1n) is 8.26. The van der Waals surface area contributed by atoms with Gasteiger partial charge in [-0.05, 0) is 24.3 Å². The number of hydrogen-bond donors (Lipinski definition) is 0. The fraction of sp³-hybridized carbons (Fsp3) is 0.647. The molecule has 2 heterocycles. The van der Waals surface area contributed by atoms with Crippen LogP contribution >= 0.6 is 0 Å². The van der Waals surface area contributed by atoms with Crippen molar-refractivity contribution in [1.82, 2.24) is 9.80 Å². The molecule has 2 saturated heterocycles. The van der Waals surface area contributed by atoms with E-state index in [9.17, 15) is 0 Å². The molecule has 1 aromatic rings. The van der Waals surface area contributed by atoms with Gasteiger partial charge in [0.2, 0.25) is 0 Å². The number of piperazine rings is 1. The van der Waals surface area contributed by atoms with Gasteiger partial charge in [-0.1, -0.05) is 0 Å².